The summed E-state index contributed by atoms with van der Waals surface area (Å²) in [5.41, 5.74) is 1.72. The molecule has 0 bridgehead atoms. The molecule has 0 saturated carbocycles. The van der Waals surface area contributed by atoms with E-state index in [1.807, 2.05) is 39.9 Å². The molecule has 7 nitrogen and oxygen atoms in total. The predicted octanol–water partition coefficient (Wildman–Crippen LogP) is 1.17. The number of aromatic nitrogens is 2. The number of rotatable bonds is 6. The van der Waals surface area contributed by atoms with E-state index in [2.05, 4.69) is 15.6 Å². The topological polar surface area (TPSA) is 79.3 Å². The second kappa shape index (κ2) is 8.79. The van der Waals surface area contributed by atoms with E-state index in [0.29, 0.717) is 18.7 Å². The summed E-state index contributed by atoms with van der Waals surface area (Å²) < 4.78 is 1.97. The zero-order valence-corrected chi connectivity index (χ0v) is 16.5. The van der Waals surface area contributed by atoms with E-state index in [1.165, 1.54) is 0 Å². The summed E-state index contributed by atoms with van der Waals surface area (Å²) in [6.45, 7) is 2.87. The molecule has 2 aromatic rings. The highest BCUT2D eigenvalue weighted by Crippen LogP contribution is 2.20. The summed E-state index contributed by atoms with van der Waals surface area (Å²) in [5, 5.41) is 6.35. The van der Waals surface area contributed by atoms with E-state index in [4.69, 9.17) is 0 Å². The molecule has 148 valence electrons. The van der Waals surface area contributed by atoms with Crippen LogP contribution in [0.3, 0.4) is 0 Å². The van der Waals surface area contributed by atoms with Gasteiger partial charge < -0.3 is 20.1 Å². The molecule has 1 aromatic carbocycles. The Kier molecular flexibility index (Phi) is 5.97. The van der Waals surface area contributed by atoms with Gasteiger partial charge in [-0.2, -0.15) is 0 Å². The van der Waals surface area contributed by atoms with E-state index in [0.717, 1.165) is 36.7 Å². The van der Waals surface area contributed by atoms with Crippen LogP contribution < -0.4 is 10.6 Å². The maximum Gasteiger partial charge on any atom is 0.251 e. The van der Waals surface area contributed by atoms with Gasteiger partial charge in [0.1, 0.15) is 0 Å². The standard InChI is InChI=1S/C20H25N5O2S/c26-19(17-3-1-2-15(8-17)12-24-5-4-21-13-24)23-11-16-9-18(22-10-16)20(27)25-6-7-28-14-25/h1-5,8,13,16,18,22H,6-7,9-12,14H2,(H,23,26)/t16-,18-/m0/s1. The van der Waals surface area contributed by atoms with Crippen LogP contribution in [0.25, 0.3) is 0 Å². The Morgan fingerprint density at radius 2 is 2.29 bits per heavy atom. The average molecular weight is 400 g/mol. The smallest absolute Gasteiger partial charge is 0.251 e. The van der Waals surface area contributed by atoms with Gasteiger partial charge in [0.2, 0.25) is 5.91 Å². The maximum atomic E-state index is 12.6. The SMILES string of the molecule is O=C(NC[C@@H]1CN[C@H](C(=O)N2CCSC2)C1)c1cccc(Cn2ccnc2)c1. The van der Waals surface area contributed by atoms with Gasteiger partial charge in [-0.25, -0.2) is 4.98 Å². The van der Waals surface area contributed by atoms with Gasteiger partial charge in [0.25, 0.3) is 5.91 Å². The lowest BCUT2D eigenvalue weighted by molar-refractivity contribution is -0.131. The summed E-state index contributed by atoms with van der Waals surface area (Å²) in [6, 6.07) is 7.54. The van der Waals surface area contributed by atoms with Crippen LogP contribution in [-0.4, -0.2) is 63.6 Å². The quantitative estimate of drug-likeness (QED) is 0.762. The third-order valence-corrected chi connectivity index (χ3v) is 6.21. The Bertz CT molecular complexity index is 820. The third-order valence-electron chi connectivity index (χ3n) is 5.25. The van der Waals surface area contributed by atoms with Crippen LogP contribution in [0.5, 0.6) is 0 Å². The Balaban J connectivity index is 1.27. The minimum atomic E-state index is -0.112. The zero-order valence-electron chi connectivity index (χ0n) is 15.7. The highest BCUT2D eigenvalue weighted by molar-refractivity contribution is 7.99. The van der Waals surface area contributed by atoms with Gasteiger partial charge >= 0.3 is 0 Å². The van der Waals surface area contributed by atoms with E-state index >= 15 is 0 Å². The number of benzene rings is 1. The molecule has 0 radical (unpaired) electrons. The Labute approximate surface area is 168 Å². The molecule has 2 aliphatic rings. The van der Waals surface area contributed by atoms with Crippen LogP contribution in [0.15, 0.2) is 43.0 Å². The second-order valence-corrected chi connectivity index (χ2v) is 8.42. The van der Waals surface area contributed by atoms with Gasteiger partial charge in [0, 0.05) is 49.9 Å². The van der Waals surface area contributed by atoms with Crippen molar-refractivity contribution in [3.05, 3.63) is 54.1 Å². The molecule has 4 rings (SSSR count). The van der Waals surface area contributed by atoms with E-state index in [1.54, 1.807) is 24.3 Å². The monoisotopic (exact) mass is 399 g/mol. The normalized spacial score (nSPS) is 21.8. The molecular weight excluding hydrogens is 374 g/mol. The molecule has 0 spiro atoms. The van der Waals surface area contributed by atoms with Gasteiger partial charge in [-0.15, -0.1) is 11.8 Å². The number of carbonyl (C=O) groups is 2. The van der Waals surface area contributed by atoms with Crippen LogP contribution >= 0.6 is 11.8 Å². The molecule has 2 N–H and O–H groups in total. The molecule has 8 heteroatoms. The molecule has 2 aliphatic heterocycles. The fourth-order valence-electron chi connectivity index (χ4n) is 3.70. The third kappa shape index (κ3) is 4.56. The van der Waals surface area contributed by atoms with Crippen molar-refractivity contribution in [2.24, 2.45) is 5.92 Å². The van der Waals surface area contributed by atoms with Crippen LogP contribution in [0.1, 0.15) is 22.3 Å². The number of hydrogen-bond donors (Lipinski definition) is 2. The lowest BCUT2D eigenvalue weighted by Gasteiger charge is -2.19. The van der Waals surface area contributed by atoms with Crippen LogP contribution in [0, 0.1) is 5.92 Å². The number of imidazole rings is 1. The van der Waals surface area contributed by atoms with Gasteiger partial charge in [-0.3, -0.25) is 9.59 Å². The van der Waals surface area contributed by atoms with Crippen molar-refractivity contribution in [3.8, 4) is 0 Å². The minimum Gasteiger partial charge on any atom is -0.352 e. The highest BCUT2D eigenvalue weighted by atomic mass is 32.2. The fraction of sp³-hybridized carbons (Fsp3) is 0.450. The molecule has 2 amide bonds. The van der Waals surface area contributed by atoms with E-state index in [9.17, 15) is 9.59 Å². The first kappa shape index (κ1) is 19.0. The lowest BCUT2D eigenvalue weighted by Crippen LogP contribution is -2.42. The van der Waals surface area contributed by atoms with Crippen molar-refractivity contribution in [3.63, 3.8) is 0 Å². The van der Waals surface area contributed by atoms with Crippen molar-refractivity contribution >= 4 is 23.6 Å². The van der Waals surface area contributed by atoms with E-state index < -0.39 is 0 Å². The molecule has 0 aliphatic carbocycles. The van der Waals surface area contributed by atoms with Gasteiger partial charge in [0.15, 0.2) is 0 Å². The Morgan fingerprint density at radius 3 is 3.07 bits per heavy atom. The number of carbonyl (C=O) groups excluding carboxylic acids is 2. The summed E-state index contributed by atoms with van der Waals surface area (Å²) in [6.07, 6.45) is 6.19. The molecular formula is C20H25N5O2S. The van der Waals surface area contributed by atoms with Crippen molar-refractivity contribution in [1.29, 1.82) is 0 Å². The Morgan fingerprint density at radius 1 is 1.36 bits per heavy atom. The van der Waals surface area contributed by atoms with Gasteiger partial charge in [-0.1, -0.05) is 12.1 Å². The maximum absolute atomic E-state index is 12.6. The number of nitrogens with one attached hydrogen (secondary N) is 2. The highest BCUT2D eigenvalue weighted by Gasteiger charge is 2.33. The molecule has 2 atom stereocenters. The molecule has 1 aromatic heterocycles. The molecule has 2 fully saturated rings. The van der Waals surface area contributed by atoms with Crippen LogP contribution in [0.4, 0.5) is 0 Å². The zero-order chi connectivity index (χ0) is 19.3. The molecule has 2 saturated heterocycles. The van der Waals surface area contributed by atoms with Crippen molar-refractivity contribution in [1.82, 2.24) is 25.1 Å². The van der Waals surface area contributed by atoms with Crippen LogP contribution in [-0.2, 0) is 11.3 Å². The van der Waals surface area contributed by atoms with Crippen LogP contribution in [0.2, 0.25) is 0 Å². The number of nitrogens with zero attached hydrogens (tertiary/aromatic N) is 3. The molecule has 28 heavy (non-hydrogen) atoms. The first-order valence-corrected chi connectivity index (χ1v) is 10.8. The van der Waals surface area contributed by atoms with Crippen molar-refractivity contribution in [2.45, 2.75) is 19.0 Å². The molecule has 0 unspecified atom stereocenters. The summed E-state index contributed by atoms with van der Waals surface area (Å²) in [5.74, 6) is 2.23. The average Bonchev–Trinajstić information content (AvgIpc) is 3.48. The number of hydrogen-bond acceptors (Lipinski definition) is 5. The first-order chi connectivity index (χ1) is 13.7. The first-order valence-electron chi connectivity index (χ1n) is 9.62. The minimum absolute atomic E-state index is 0.0711. The predicted molar refractivity (Wildman–Crippen MR) is 109 cm³/mol. The molecule has 3 heterocycles. The lowest BCUT2D eigenvalue weighted by atomic mass is 10.0. The van der Waals surface area contributed by atoms with Crippen molar-refractivity contribution in [2.75, 3.05) is 31.3 Å². The second-order valence-electron chi connectivity index (χ2n) is 7.35. The number of amides is 2. The fourth-order valence-corrected chi connectivity index (χ4v) is 4.66. The van der Waals surface area contributed by atoms with Gasteiger partial charge in [0.05, 0.1) is 18.2 Å². The summed E-state index contributed by atoms with van der Waals surface area (Å²) >= 11 is 1.80. The van der Waals surface area contributed by atoms with Crippen molar-refractivity contribution < 1.29 is 9.59 Å². The summed E-state index contributed by atoms with van der Waals surface area (Å²) in [7, 11) is 0. The summed E-state index contributed by atoms with van der Waals surface area (Å²) in [4.78, 5) is 31.0. The van der Waals surface area contributed by atoms with Gasteiger partial charge in [-0.05, 0) is 30.0 Å². The van der Waals surface area contributed by atoms with E-state index in [-0.39, 0.29) is 23.8 Å². The number of thioether (sulfide) groups is 1. The Hall–Kier alpha value is -2.32. The largest absolute Gasteiger partial charge is 0.352 e.